The van der Waals surface area contributed by atoms with Gasteiger partial charge in [-0.1, -0.05) is 23.7 Å². The number of nitrogens with zero attached hydrogens (tertiary/aromatic N) is 2. The molecule has 2 rings (SSSR count). The quantitative estimate of drug-likeness (QED) is 0.915. The maximum Gasteiger partial charge on any atom is 0.119 e. The summed E-state index contributed by atoms with van der Waals surface area (Å²) in [5.41, 5.74) is 8.10. The second kappa shape index (κ2) is 6.08. The summed E-state index contributed by atoms with van der Waals surface area (Å²) in [6.45, 7) is 5.36. The van der Waals surface area contributed by atoms with Crippen molar-refractivity contribution in [2.45, 2.75) is 26.4 Å². The number of hydrogen-bond acceptors (Lipinski definition) is 3. The van der Waals surface area contributed by atoms with Crippen molar-refractivity contribution >= 4 is 11.6 Å². The van der Waals surface area contributed by atoms with Gasteiger partial charge in [-0.3, -0.25) is 4.68 Å². The van der Waals surface area contributed by atoms with Crippen molar-refractivity contribution < 1.29 is 4.74 Å². The third kappa shape index (κ3) is 2.91. The van der Waals surface area contributed by atoms with Gasteiger partial charge in [0.05, 0.1) is 29.6 Å². The number of hydrogen-bond donors (Lipinski definition) is 1. The first-order valence-electron chi connectivity index (χ1n) is 6.36. The lowest BCUT2D eigenvalue weighted by molar-refractivity contribution is 0.340. The number of aromatic nitrogens is 2. The smallest absolute Gasteiger partial charge is 0.119 e. The van der Waals surface area contributed by atoms with Crippen molar-refractivity contribution in [1.29, 1.82) is 0 Å². The van der Waals surface area contributed by atoms with Gasteiger partial charge in [0.25, 0.3) is 0 Å². The summed E-state index contributed by atoms with van der Waals surface area (Å²) in [5.74, 6) is 0.841. The van der Waals surface area contributed by atoms with Crippen molar-refractivity contribution in [3.05, 3.63) is 46.7 Å². The standard InChI is InChI=1S/C14H18ClN3O/c1-3-18-14(12(15)9-17-18)13(16)10-5-7-11(8-6-10)19-4-2/h5-9,13H,3-4,16H2,1-2H3. The van der Waals surface area contributed by atoms with Gasteiger partial charge < -0.3 is 10.5 Å². The fourth-order valence-corrected chi connectivity index (χ4v) is 2.29. The van der Waals surface area contributed by atoms with E-state index in [-0.39, 0.29) is 6.04 Å². The molecule has 0 aliphatic carbocycles. The van der Waals surface area contributed by atoms with Gasteiger partial charge in [0.1, 0.15) is 5.75 Å². The van der Waals surface area contributed by atoms with Crippen LogP contribution in [0.25, 0.3) is 0 Å². The average molecular weight is 280 g/mol. The molecule has 5 heteroatoms. The SMILES string of the molecule is CCOc1ccc(C(N)c2c(Cl)cnn2CC)cc1. The topological polar surface area (TPSA) is 53.1 Å². The second-order valence-electron chi connectivity index (χ2n) is 4.17. The van der Waals surface area contributed by atoms with E-state index >= 15 is 0 Å². The number of aryl methyl sites for hydroxylation is 1. The van der Waals surface area contributed by atoms with Gasteiger partial charge >= 0.3 is 0 Å². The molecule has 1 aromatic heterocycles. The van der Waals surface area contributed by atoms with Gasteiger partial charge in [-0.2, -0.15) is 5.10 Å². The average Bonchev–Trinajstić information content (AvgIpc) is 2.80. The van der Waals surface area contributed by atoms with Gasteiger partial charge in [-0.05, 0) is 31.5 Å². The Bertz CT molecular complexity index is 536. The Kier molecular flexibility index (Phi) is 4.45. The summed E-state index contributed by atoms with van der Waals surface area (Å²) in [4.78, 5) is 0. The predicted molar refractivity (Wildman–Crippen MR) is 76.6 cm³/mol. The van der Waals surface area contributed by atoms with Gasteiger partial charge in [-0.15, -0.1) is 0 Å². The number of halogens is 1. The van der Waals surface area contributed by atoms with Crippen LogP contribution in [0.15, 0.2) is 30.5 Å². The molecule has 0 radical (unpaired) electrons. The van der Waals surface area contributed by atoms with E-state index in [0.717, 1.165) is 23.6 Å². The van der Waals surface area contributed by atoms with Crippen LogP contribution < -0.4 is 10.5 Å². The molecule has 0 bridgehead atoms. The molecule has 0 aliphatic heterocycles. The first kappa shape index (κ1) is 13.9. The van der Waals surface area contributed by atoms with Crippen LogP contribution >= 0.6 is 11.6 Å². The highest BCUT2D eigenvalue weighted by molar-refractivity contribution is 6.31. The highest BCUT2D eigenvalue weighted by Crippen LogP contribution is 2.27. The number of nitrogens with two attached hydrogens (primary N) is 1. The first-order valence-corrected chi connectivity index (χ1v) is 6.74. The first-order chi connectivity index (χ1) is 9.17. The molecule has 19 heavy (non-hydrogen) atoms. The molecule has 2 aromatic rings. The lowest BCUT2D eigenvalue weighted by atomic mass is 10.0. The molecule has 0 saturated carbocycles. The molecule has 1 heterocycles. The highest BCUT2D eigenvalue weighted by Gasteiger charge is 2.17. The minimum Gasteiger partial charge on any atom is -0.494 e. The molecule has 2 N–H and O–H groups in total. The Labute approximate surface area is 118 Å². The molecule has 1 unspecified atom stereocenters. The zero-order valence-electron chi connectivity index (χ0n) is 11.1. The zero-order chi connectivity index (χ0) is 13.8. The maximum absolute atomic E-state index is 6.28. The van der Waals surface area contributed by atoms with Crippen molar-refractivity contribution in [3.63, 3.8) is 0 Å². The Hall–Kier alpha value is -1.52. The molecule has 1 aromatic carbocycles. The van der Waals surface area contributed by atoms with E-state index in [2.05, 4.69) is 5.10 Å². The number of benzene rings is 1. The Morgan fingerprint density at radius 3 is 2.58 bits per heavy atom. The lowest BCUT2D eigenvalue weighted by Crippen LogP contribution is -2.17. The van der Waals surface area contributed by atoms with Crippen molar-refractivity contribution in [3.8, 4) is 5.75 Å². The summed E-state index contributed by atoms with van der Waals surface area (Å²) < 4.78 is 7.24. The third-order valence-electron chi connectivity index (χ3n) is 2.98. The normalized spacial score (nSPS) is 12.4. The summed E-state index contributed by atoms with van der Waals surface area (Å²) in [7, 11) is 0. The van der Waals surface area contributed by atoms with Crippen LogP contribution in [0.5, 0.6) is 5.75 Å². The fourth-order valence-electron chi connectivity index (χ4n) is 2.03. The van der Waals surface area contributed by atoms with Gasteiger partial charge in [0.2, 0.25) is 0 Å². The van der Waals surface area contributed by atoms with Crippen molar-refractivity contribution in [2.75, 3.05) is 6.61 Å². The summed E-state index contributed by atoms with van der Waals surface area (Å²) in [5, 5.41) is 4.81. The summed E-state index contributed by atoms with van der Waals surface area (Å²) in [6.07, 6.45) is 1.63. The maximum atomic E-state index is 6.28. The summed E-state index contributed by atoms with van der Waals surface area (Å²) in [6, 6.07) is 7.46. The minimum absolute atomic E-state index is 0.286. The molecule has 0 spiro atoms. The van der Waals surface area contributed by atoms with Crippen LogP contribution in [-0.2, 0) is 6.54 Å². The van der Waals surface area contributed by atoms with Crippen LogP contribution in [0.3, 0.4) is 0 Å². The van der Waals surface area contributed by atoms with Gasteiger partial charge in [0.15, 0.2) is 0 Å². The minimum atomic E-state index is -0.286. The highest BCUT2D eigenvalue weighted by atomic mass is 35.5. The van der Waals surface area contributed by atoms with E-state index in [0.29, 0.717) is 11.6 Å². The zero-order valence-corrected chi connectivity index (χ0v) is 11.9. The molecule has 1 atom stereocenters. The van der Waals surface area contributed by atoms with E-state index < -0.39 is 0 Å². The van der Waals surface area contributed by atoms with E-state index in [1.165, 1.54) is 0 Å². The number of rotatable bonds is 5. The van der Waals surface area contributed by atoms with Crippen molar-refractivity contribution in [2.24, 2.45) is 5.73 Å². The van der Waals surface area contributed by atoms with E-state index in [9.17, 15) is 0 Å². The molecule has 0 fully saturated rings. The Balaban J connectivity index is 2.27. The monoisotopic (exact) mass is 279 g/mol. The Morgan fingerprint density at radius 2 is 2.00 bits per heavy atom. The predicted octanol–water partition coefficient (Wildman–Crippen LogP) is 3.00. The van der Waals surface area contributed by atoms with Gasteiger partial charge in [0, 0.05) is 6.54 Å². The molecular formula is C14H18ClN3O. The summed E-state index contributed by atoms with van der Waals surface area (Å²) >= 11 is 6.16. The van der Waals surface area contributed by atoms with Crippen LogP contribution in [0, 0.1) is 0 Å². The molecule has 0 aliphatic rings. The lowest BCUT2D eigenvalue weighted by Gasteiger charge is -2.15. The molecule has 0 saturated heterocycles. The van der Waals surface area contributed by atoms with Gasteiger partial charge in [-0.25, -0.2) is 0 Å². The largest absolute Gasteiger partial charge is 0.494 e. The van der Waals surface area contributed by atoms with Crippen LogP contribution in [0.4, 0.5) is 0 Å². The molecule has 0 amide bonds. The van der Waals surface area contributed by atoms with E-state index in [1.54, 1.807) is 6.20 Å². The van der Waals surface area contributed by atoms with E-state index in [1.807, 2.05) is 42.8 Å². The van der Waals surface area contributed by atoms with Crippen LogP contribution in [-0.4, -0.2) is 16.4 Å². The fraction of sp³-hybridized carbons (Fsp3) is 0.357. The molecule has 4 nitrogen and oxygen atoms in total. The second-order valence-corrected chi connectivity index (χ2v) is 4.58. The molecular weight excluding hydrogens is 262 g/mol. The van der Waals surface area contributed by atoms with Crippen molar-refractivity contribution in [1.82, 2.24) is 9.78 Å². The number of ether oxygens (including phenoxy) is 1. The Morgan fingerprint density at radius 1 is 1.32 bits per heavy atom. The van der Waals surface area contributed by atoms with Crippen LogP contribution in [0.1, 0.15) is 31.1 Å². The van der Waals surface area contributed by atoms with Crippen LogP contribution in [0.2, 0.25) is 5.02 Å². The van der Waals surface area contributed by atoms with E-state index in [4.69, 9.17) is 22.1 Å². The third-order valence-corrected chi connectivity index (χ3v) is 3.27. The molecule has 102 valence electrons.